The van der Waals surface area contributed by atoms with Crippen molar-refractivity contribution in [1.82, 2.24) is 25.0 Å². The lowest BCUT2D eigenvalue weighted by molar-refractivity contribution is -0.159. The normalized spacial score (nSPS) is 14.6. The van der Waals surface area contributed by atoms with Crippen LogP contribution >= 0.6 is 0 Å². The molecule has 1 aliphatic heterocycles. The summed E-state index contributed by atoms with van der Waals surface area (Å²) in [5.41, 5.74) is 2.30. The number of ether oxygens (including phenoxy) is 1. The molecule has 0 saturated carbocycles. The lowest BCUT2D eigenvalue weighted by Gasteiger charge is -2.32. The van der Waals surface area contributed by atoms with E-state index in [9.17, 15) is 18.0 Å². The fraction of sp³-hybridized carbons (Fsp3) is 0.346. The second-order valence-electron chi connectivity index (χ2n) is 9.07. The monoisotopic (exact) mass is 526 g/mol. The van der Waals surface area contributed by atoms with Crippen LogP contribution in [-0.2, 0) is 11.0 Å². The summed E-state index contributed by atoms with van der Waals surface area (Å²) in [7, 11) is 0. The number of fused-ring (bicyclic) bond motifs is 1. The third-order valence-electron chi connectivity index (χ3n) is 6.28. The summed E-state index contributed by atoms with van der Waals surface area (Å²) in [5, 5.41) is 7.59. The zero-order valence-corrected chi connectivity index (χ0v) is 20.5. The minimum Gasteiger partial charge on any atom is -0.490 e. The number of carbonyl (C=O) groups is 1. The molecule has 9 nitrogen and oxygen atoms in total. The van der Waals surface area contributed by atoms with Crippen molar-refractivity contribution in [3.8, 4) is 17.1 Å². The number of hydrogen-bond acceptors (Lipinski definition) is 8. The van der Waals surface area contributed by atoms with Gasteiger partial charge in [0, 0.05) is 49.8 Å². The molecule has 1 aliphatic rings. The van der Waals surface area contributed by atoms with Crippen LogP contribution in [0.15, 0.2) is 53.3 Å². The molecule has 1 amide bonds. The number of alkyl halides is 3. The van der Waals surface area contributed by atoms with Gasteiger partial charge in [0.2, 0.25) is 11.7 Å². The molecular formula is C26H25F3N6O3. The van der Waals surface area contributed by atoms with Crippen molar-refractivity contribution in [3.05, 3.63) is 60.2 Å². The van der Waals surface area contributed by atoms with Gasteiger partial charge in [0.1, 0.15) is 24.0 Å². The molecule has 0 bridgehead atoms. The number of amides is 1. The second kappa shape index (κ2) is 10.6. The summed E-state index contributed by atoms with van der Waals surface area (Å²) < 4.78 is 48.6. The zero-order valence-electron chi connectivity index (χ0n) is 20.5. The van der Waals surface area contributed by atoms with E-state index in [1.807, 2.05) is 30.0 Å². The lowest BCUT2D eigenvalue weighted by Crippen LogP contribution is -2.42. The number of rotatable bonds is 7. The van der Waals surface area contributed by atoms with Crippen molar-refractivity contribution in [1.29, 1.82) is 0 Å². The molecule has 3 heterocycles. The predicted octanol–water partition coefficient (Wildman–Crippen LogP) is 4.88. The average molecular weight is 527 g/mol. The molecule has 0 aliphatic carbocycles. The fourth-order valence-electron chi connectivity index (χ4n) is 4.34. The first kappa shape index (κ1) is 25.4. The van der Waals surface area contributed by atoms with Crippen LogP contribution in [0, 0.1) is 6.92 Å². The Morgan fingerprint density at radius 2 is 1.97 bits per heavy atom. The number of likely N-dealkylation sites (tertiary alicyclic amines) is 1. The molecule has 2 aromatic heterocycles. The molecule has 198 valence electrons. The van der Waals surface area contributed by atoms with Gasteiger partial charge in [-0.15, -0.1) is 0 Å². The molecule has 1 N–H and O–H groups in total. The Hall–Kier alpha value is -4.22. The van der Waals surface area contributed by atoms with Crippen LogP contribution in [0.5, 0.6) is 5.75 Å². The number of anilines is 1. The minimum absolute atomic E-state index is 0.0464. The third kappa shape index (κ3) is 5.84. The summed E-state index contributed by atoms with van der Waals surface area (Å²) in [4.78, 5) is 26.6. The standard InChI is InChI=1S/C26H25F3N6O3/c1-16-5-6-21-20(13-16)24(32-15-31-21)30-10-7-22(36)35-11-8-18(9-12-35)37-19-4-2-3-17(14-19)23-33-25(38-34-23)26(27,28)29/h2-6,13-15,18H,7-12H2,1H3,(H,30,31,32). The highest BCUT2D eigenvalue weighted by molar-refractivity contribution is 5.89. The first-order valence-corrected chi connectivity index (χ1v) is 12.2. The van der Waals surface area contributed by atoms with Gasteiger partial charge in [0.25, 0.3) is 0 Å². The quantitative estimate of drug-likeness (QED) is 0.363. The molecule has 0 radical (unpaired) electrons. The van der Waals surface area contributed by atoms with E-state index in [1.165, 1.54) is 6.33 Å². The average Bonchev–Trinajstić information content (AvgIpc) is 3.41. The molecule has 12 heteroatoms. The molecule has 0 atom stereocenters. The molecule has 2 aromatic carbocycles. The Bertz CT molecular complexity index is 1430. The van der Waals surface area contributed by atoms with E-state index in [2.05, 4.69) is 29.9 Å². The van der Waals surface area contributed by atoms with Gasteiger partial charge in [-0.3, -0.25) is 4.79 Å². The molecule has 0 spiro atoms. The van der Waals surface area contributed by atoms with E-state index in [4.69, 9.17) is 4.74 Å². The van der Waals surface area contributed by atoms with Crippen LogP contribution in [0.4, 0.5) is 19.0 Å². The van der Waals surface area contributed by atoms with Crippen molar-refractivity contribution in [3.63, 3.8) is 0 Å². The number of benzene rings is 2. The van der Waals surface area contributed by atoms with Crippen molar-refractivity contribution in [2.24, 2.45) is 0 Å². The number of aryl methyl sites for hydroxylation is 1. The number of hydrogen-bond donors (Lipinski definition) is 1. The first-order chi connectivity index (χ1) is 18.3. The largest absolute Gasteiger partial charge is 0.490 e. The van der Waals surface area contributed by atoms with Crippen LogP contribution in [0.3, 0.4) is 0 Å². The molecular weight excluding hydrogens is 501 g/mol. The van der Waals surface area contributed by atoms with Crippen LogP contribution in [-0.4, -0.2) is 56.7 Å². The summed E-state index contributed by atoms with van der Waals surface area (Å²) in [5.74, 6) is -0.322. The third-order valence-corrected chi connectivity index (χ3v) is 6.28. The topological polar surface area (TPSA) is 106 Å². The van der Waals surface area contributed by atoms with Crippen LogP contribution < -0.4 is 10.1 Å². The second-order valence-corrected chi connectivity index (χ2v) is 9.07. The lowest BCUT2D eigenvalue weighted by atomic mass is 10.1. The maximum Gasteiger partial charge on any atom is 0.471 e. The predicted molar refractivity (Wildman–Crippen MR) is 132 cm³/mol. The Kier molecular flexibility index (Phi) is 7.12. The number of aromatic nitrogens is 4. The summed E-state index contributed by atoms with van der Waals surface area (Å²) in [6, 6.07) is 12.5. The Morgan fingerprint density at radius 1 is 1.16 bits per heavy atom. The SMILES string of the molecule is Cc1ccc2ncnc(NCCC(=O)N3CCC(Oc4cccc(-c5noc(C(F)(F)F)n5)c4)CC3)c2c1. The number of carbonyl (C=O) groups excluding carboxylic acids is 1. The molecule has 1 saturated heterocycles. The first-order valence-electron chi connectivity index (χ1n) is 12.2. The summed E-state index contributed by atoms with van der Waals surface area (Å²) >= 11 is 0. The van der Waals surface area contributed by atoms with E-state index in [0.29, 0.717) is 56.0 Å². The number of nitrogens with one attached hydrogen (secondary N) is 1. The molecule has 0 unspecified atom stereocenters. The zero-order chi connectivity index (χ0) is 26.7. The number of nitrogens with zero attached hydrogens (tertiary/aromatic N) is 5. The highest BCUT2D eigenvalue weighted by Gasteiger charge is 2.38. The Morgan fingerprint density at radius 3 is 2.74 bits per heavy atom. The maximum atomic E-state index is 12.8. The molecule has 1 fully saturated rings. The van der Waals surface area contributed by atoms with Gasteiger partial charge >= 0.3 is 12.1 Å². The Labute approximate surface area is 216 Å². The summed E-state index contributed by atoms with van der Waals surface area (Å²) in [6.45, 7) is 3.57. The van der Waals surface area contributed by atoms with Crippen molar-refractivity contribution in [2.75, 3.05) is 25.0 Å². The Balaban J connectivity index is 1.11. The van der Waals surface area contributed by atoms with Crippen LogP contribution in [0.25, 0.3) is 22.3 Å². The highest BCUT2D eigenvalue weighted by atomic mass is 19.4. The molecule has 38 heavy (non-hydrogen) atoms. The summed E-state index contributed by atoms with van der Waals surface area (Å²) in [6.07, 6.45) is -1.72. The van der Waals surface area contributed by atoms with Gasteiger partial charge in [-0.05, 0) is 31.2 Å². The van der Waals surface area contributed by atoms with Crippen molar-refractivity contribution >= 4 is 22.6 Å². The number of halogens is 3. The van der Waals surface area contributed by atoms with Gasteiger partial charge in [0.05, 0.1) is 5.52 Å². The van der Waals surface area contributed by atoms with E-state index in [0.717, 1.165) is 16.5 Å². The van der Waals surface area contributed by atoms with Gasteiger partial charge in [-0.2, -0.15) is 18.2 Å². The smallest absolute Gasteiger partial charge is 0.471 e. The van der Waals surface area contributed by atoms with E-state index in [1.54, 1.807) is 24.3 Å². The number of piperidine rings is 1. The van der Waals surface area contributed by atoms with E-state index >= 15 is 0 Å². The van der Waals surface area contributed by atoms with Crippen molar-refractivity contribution < 1.29 is 27.2 Å². The van der Waals surface area contributed by atoms with Crippen LogP contribution in [0.2, 0.25) is 0 Å². The molecule has 4 aromatic rings. The molecule has 5 rings (SSSR count). The van der Waals surface area contributed by atoms with Gasteiger partial charge in [-0.1, -0.05) is 28.9 Å². The van der Waals surface area contributed by atoms with Gasteiger partial charge in [-0.25, -0.2) is 9.97 Å². The maximum absolute atomic E-state index is 12.8. The van der Waals surface area contributed by atoms with Crippen molar-refractivity contribution in [2.45, 2.75) is 38.5 Å². The van der Waals surface area contributed by atoms with Gasteiger partial charge in [0.15, 0.2) is 0 Å². The highest BCUT2D eigenvalue weighted by Crippen LogP contribution is 2.30. The van der Waals surface area contributed by atoms with E-state index in [-0.39, 0.29) is 17.8 Å². The van der Waals surface area contributed by atoms with Crippen LogP contribution in [0.1, 0.15) is 30.7 Å². The van der Waals surface area contributed by atoms with E-state index < -0.39 is 12.1 Å². The minimum atomic E-state index is -4.70. The fourth-order valence-corrected chi connectivity index (χ4v) is 4.34. The van der Waals surface area contributed by atoms with Gasteiger partial charge < -0.3 is 19.5 Å².